The first kappa shape index (κ1) is 9.19. The van der Waals surface area contributed by atoms with Gasteiger partial charge in [-0.1, -0.05) is 0 Å². The molecule has 1 heterocycles. The highest BCUT2D eigenvalue weighted by Crippen LogP contribution is 2.21. The van der Waals surface area contributed by atoms with Crippen LogP contribution in [0.3, 0.4) is 0 Å². The van der Waals surface area contributed by atoms with Crippen LogP contribution in [0.4, 0.5) is 0 Å². The maximum Gasteiger partial charge on any atom is 0.313 e. The Morgan fingerprint density at radius 1 is 1.75 bits per heavy atom. The van der Waals surface area contributed by atoms with Crippen molar-refractivity contribution < 1.29 is 9.53 Å². The molecule has 1 aromatic heterocycles. The predicted molar refractivity (Wildman–Crippen MR) is 47.3 cm³/mol. The van der Waals surface area contributed by atoms with Gasteiger partial charge in [0.15, 0.2) is 0 Å². The number of rotatable bonds is 2. The molecule has 0 bridgehead atoms. The molecule has 0 saturated carbocycles. The summed E-state index contributed by atoms with van der Waals surface area (Å²) in [5.74, 6) is -0.403. The lowest BCUT2D eigenvalue weighted by atomic mass is 10.1. The Morgan fingerprint density at radius 3 is 2.83 bits per heavy atom. The summed E-state index contributed by atoms with van der Waals surface area (Å²) in [7, 11) is 1.40. The second kappa shape index (κ2) is 3.67. The standard InChI is InChI=1S/C8H11NO2S/c1-5-4-7(12-9-5)6(2)8(10)11-3/h4,6H,1-3H3. The van der Waals surface area contributed by atoms with Crippen LogP contribution in [0.25, 0.3) is 0 Å². The molecule has 0 fully saturated rings. The van der Waals surface area contributed by atoms with Crippen molar-refractivity contribution in [3.8, 4) is 0 Å². The normalized spacial score (nSPS) is 12.6. The molecule has 0 aliphatic rings. The molecular formula is C8H11NO2S. The summed E-state index contributed by atoms with van der Waals surface area (Å²) in [5.41, 5.74) is 0.950. The smallest absolute Gasteiger partial charge is 0.313 e. The minimum Gasteiger partial charge on any atom is -0.469 e. The largest absolute Gasteiger partial charge is 0.469 e. The number of hydrogen-bond acceptors (Lipinski definition) is 4. The Kier molecular flexibility index (Phi) is 2.81. The third-order valence-electron chi connectivity index (χ3n) is 1.63. The second-order valence-corrected chi connectivity index (χ2v) is 3.45. The maximum absolute atomic E-state index is 11.1. The van der Waals surface area contributed by atoms with Crippen molar-refractivity contribution in [1.29, 1.82) is 0 Å². The molecule has 0 aliphatic carbocycles. The highest BCUT2D eigenvalue weighted by atomic mass is 32.1. The second-order valence-electron chi connectivity index (χ2n) is 2.62. The predicted octanol–water partition coefficient (Wildman–Crippen LogP) is 1.73. The molecule has 0 N–H and O–H groups in total. The number of ether oxygens (including phenoxy) is 1. The van der Waals surface area contributed by atoms with Crippen LogP contribution in [0.1, 0.15) is 23.4 Å². The summed E-state index contributed by atoms with van der Waals surface area (Å²) in [6, 6.07) is 1.91. The van der Waals surface area contributed by atoms with Crippen LogP contribution in [-0.2, 0) is 9.53 Å². The third kappa shape index (κ3) is 1.82. The first-order valence-electron chi connectivity index (χ1n) is 3.66. The summed E-state index contributed by atoms with van der Waals surface area (Å²) >= 11 is 1.35. The van der Waals surface area contributed by atoms with Crippen LogP contribution in [-0.4, -0.2) is 17.5 Å². The monoisotopic (exact) mass is 185 g/mol. The van der Waals surface area contributed by atoms with Gasteiger partial charge in [-0.25, -0.2) is 0 Å². The lowest BCUT2D eigenvalue weighted by molar-refractivity contribution is -0.141. The molecule has 3 nitrogen and oxygen atoms in total. The van der Waals surface area contributed by atoms with Crippen molar-refractivity contribution in [2.45, 2.75) is 19.8 Å². The zero-order valence-corrected chi connectivity index (χ0v) is 8.14. The Labute approximate surface area is 75.5 Å². The molecule has 0 saturated heterocycles. The van der Waals surface area contributed by atoms with E-state index < -0.39 is 0 Å². The summed E-state index contributed by atoms with van der Waals surface area (Å²) in [5, 5.41) is 0. The minimum absolute atomic E-state index is 0.193. The molecule has 0 aliphatic heterocycles. The number of carbonyl (C=O) groups is 1. The first-order chi connectivity index (χ1) is 5.65. The zero-order valence-electron chi connectivity index (χ0n) is 7.33. The molecule has 0 spiro atoms. The van der Waals surface area contributed by atoms with Gasteiger partial charge in [0, 0.05) is 4.88 Å². The van der Waals surface area contributed by atoms with E-state index in [4.69, 9.17) is 0 Å². The molecular weight excluding hydrogens is 174 g/mol. The summed E-state index contributed by atoms with van der Waals surface area (Å²) < 4.78 is 8.70. The van der Waals surface area contributed by atoms with Gasteiger partial charge >= 0.3 is 5.97 Å². The highest BCUT2D eigenvalue weighted by molar-refractivity contribution is 7.06. The molecule has 66 valence electrons. The summed E-state index contributed by atoms with van der Waals surface area (Å²) in [6.45, 7) is 3.72. The number of methoxy groups -OCH3 is 1. The molecule has 0 aromatic carbocycles. The van der Waals surface area contributed by atoms with Crippen molar-refractivity contribution in [3.63, 3.8) is 0 Å². The van der Waals surface area contributed by atoms with Crippen LogP contribution in [0, 0.1) is 6.92 Å². The molecule has 4 heteroatoms. The van der Waals surface area contributed by atoms with E-state index >= 15 is 0 Å². The number of hydrogen-bond donors (Lipinski definition) is 0. The van der Waals surface area contributed by atoms with Crippen LogP contribution < -0.4 is 0 Å². The topological polar surface area (TPSA) is 39.2 Å². The number of nitrogens with zero attached hydrogens (tertiary/aromatic N) is 1. The van der Waals surface area contributed by atoms with Crippen molar-refractivity contribution in [1.82, 2.24) is 4.37 Å². The first-order valence-corrected chi connectivity index (χ1v) is 4.43. The van der Waals surface area contributed by atoms with Crippen molar-refractivity contribution >= 4 is 17.5 Å². The van der Waals surface area contributed by atoms with Gasteiger partial charge < -0.3 is 4.74 Å². The lowest BCUT2D eigenvalue weighted by Gasteiger charge is -2.04. The third-order valence-corrected chi connectivity index (χ3v) is 2.69. The Morgan fingerprint density at radius 2 is 2.42 bits per heavy atom. The minimum atomic E-state index is -0.210. The van der Waals surface area contributed by atoms with E-state index in [2.05, 4.69) is 9.11 Å². The fraction of sp³-hybridized carbons (Fsp3) is 0.500. The van der Waals surface area contributed by atoms with E-state index in [1.54, 1.807) is 0 Å². The molecule has 12 heavy (non-hydrogen) atoms. The molecule has 0 amide bonds. The van der Waals surface area contributed by atoms with Gasteiger partial charge in [0.2, 0.25) is 0 Å². The Balaban J connectivity index is 2.77. The van der Waals surface area contributed by atoms with Gasteiger partial charge in [0.05, 0.1) is 18.7 Å². The molecule has 1 atom stereocenters. The fourth-order valence-corrected chi connectivity index (χ4v) is 1.66. The van der Waals surface area contributed by atoms with Crippen LogP contribution in [0.5, 0.6) is 0 Å². The average Bonchev–Trinajstić information content (AvgIpc) is 2.49. The fourth-order valence-electron chi connectivity index (χ4n) is 0.880. The van der Waals surface area contributed by atoms with E-state index in [1.165, 1.54) is 18.6 Å². The van der Waals surface area contributed by atoms with E-state index in [9.17, 15) is 4.79 Å². The Bertz CT molecular complexity index is 282. The van der Waals surface area contributed by atoms with Gasteiger partial charge in [-0.3, -0.25) is 4.79 Å². The van der Waals surface area contributed by atoms with Crippen LogP contribution in [0.15, 0.2) is 6.07 Å². The van der Waals surface area contributed by atoms with Crippen LogP contribution in [0.2, 0.25) is 0 Å². The van der Waals surface area contributed by atoms with E-state index in [0.717, 1.165) is 10.6 Å². The van der Waals surface area contributed by atoms with E-state index in [1.807, 2.05) is 19.9 Å². The van der Waals surface area contributed by atoms with Gasteiger partial charge in [-0.2, -0.15) is 4.37 Å². The number of aromatic nitrogens is 1. The highest BCUT2D eigenvalue weighted by Gasteiger charge is 2.17. The van der Waals surface area contributed by atoms with Crippen LogP contribution >= 0.6 is 11.5 Å². The molecule has 1 unspecified atom stereocenters. The van der Waals surface area contributed by atoms with Crippen molar-refractivity contribution in [2.75, 3.05) is 7.11 Å². The van der Waals surface area contributed by atoms with Crippen molar-refractivity contribution in [3.05, 3.63) is 16.6 Å². The van der Waals surface area contributed by atoms with Gasteiger partial charge in [0.25, 0.3) is 0 Å². The summed E-state index contributed by atoms with van der Waals surface area (Å²) in [4.78, 5) is 12.0. The van der Waals surface area contributed by atoms with E-state index in [0.29, 0.717) is 0 Å². The Hall–Kier alpha value is -0.900. The lowest BCUT2D eigenvalue weighted by Crippen LogP contribution is -2.09. The maximum atomic E-state index is 11.1. The molecule has 1 aromatic rings. The summed E-state index contributed by atoms with van der Waals surface area (Å²) in [6.07, 6.45) is 0. The number of carbonyl (C=O) groups excluding carboxylic acids is 1. The quantitative estimate of drug-likeness (QED) is 0.659. The van der Waals surface area contributed by atoms with Crippen molar-refractivity contribution in [2.24, 2.45) is 0 Å². The van der Waals surface area contributed by atoms with Gasteiger partial charge in [-0.15, -0.1) is 0 Å². The zero-order chi connectivity index (χ0) is 9.14. The number of esters is 1. The molecule has 1 rings (SSSR count). The van der Waals surface area contributed by atoms with E-state index in [-0.39, 0.29) is 11.9 Å². The SMILES string of the molecule is COC(=O)C(C)c1cc(C)ns1. The van der Waals surface area contributed by atoms with Gasteiger partial charge in [-0.05, 0) is 31.4 Å². The molecule has 0 radical (unpaired) electrons. The average molecular weight is 185 g/mol. The number of aryl methyl sites for hydroxylation is 1. The van der Waals surface area contributed by atoms with Gasteiger partial charge in [0.1, 0.15) is 0 Å².